The summed E-state index contributed by atoms with van der Waals surface area (Å²) in [6.45, 7) is 3.57. The number of para-hydroxylation sites is 1. The number of esters is 1. The van der Waals surface area contributed by atoms with Crippen molar-refractivity contribution in [3.8, 4) is 17.2 Å². The number of nitrogens with one attached hydrogen (secondary N) is 1. The van der Waals surface area contributed by atoms with Crippen LogP contribution in [0.3, 0.4) is 0 Å². The van der Waals surface area contributed by atoms with E-state index in [1.807, 2.05) is 0 Å². The lowest BCUT2D eigenvalue weighted by molar-refractivity contribution is -0.187. The molecule has 2 aromatic rings. The summed E-state index contributed by atoms with van der Waals surface area (Å²) in [5.41, 5.74) is -1.58. The molecule has 2 heterocycles. The number of nitrogens with zero attached hydrogens (tertiary/aromatic N) is 1. The van der Waals surface area contributed by atoms with E-state index in [4.69, 9.17) is 28.7 Å². The van der Waals surface area contributed by atoms with E-state index in [1.165, 1.54) is 28.4 Å². The maximum absolute atomic E-state index is 13.5. The molecule has 33 heavy (non-hydrogen) atoms. The molecule has 4 rings (SSSR count). The number of benzene rings is 2. The number of carbonyl (C=O) groups is 2. The molecule has 1 N–H and O–H groups in total. The minimum Gasteiger partial charge on any atom is -0.493 e. The molecule has 174 valence electrons. The van der Waals surface area contributed by atoms with Crippen molar-refractivity contribution < 1.29 is 33.3 Å². The second-order valence-electron chi connectivity index (χ2n) is 8.00. The highest BCUT2D eigenvalue weighted by atomic mass is 16.6. The summed E-state index contributed by atoms with van der Waals surface area (Å²) in [5, 5.41) is 2.86. The quantitative estimate of drug-likeness (QED) is 0.669. The zero-order valence-electron chi connectivity index (χ0n) is 19.3. The first kappa shape index (κ1) is 22.6. The summed E-state index contributed by atoms with van der Waals surface area (Å²) in [6, 6.07) is 10.5. The van der Waals surface area contributed by atoms with Gasteiger partial charge in [0, 0.05) is 22.7 Å². The van der Waals surface area contributed by atoms with Crippen LogP contribution in [0.25, 0.3) is 0 Å². The number of amides is 1. The lowest BCUT2D eigenvalue weighted by Crippen LogP contribution is -2.50. The fourth-order valence-corrected chi connectivity index (χ4v) is 4.32. The summed E-state index contributed by atoms with van der Waals surface area (Å²) in [7, 11) is 5.75. The monoisotopic (exact) mass is 454 g/mol. The maximum atomic E-state index is 13.5. The normalized spacial score (nSPS) is 23.2. The third-order valence-corrected chi connectivity index (χ3v) is 5.99. The van der Waals surface area contributed by atoms with Crippen LogP contribution in [0.15, 0.2) is 41.4 Å². The van der Waals surface area contributed by atoms with Gasteiger partial charge in [-0.2, -0.15) is 0 Å². The molecule has 0 aromatic heterocycles. The summed E-state index contributed by atoms with van der Waals surface area (Å²) >= 11 is 0. The Bertz CT molecular complexity index is 1130. The van der Waals surface area contributed by atoms with Crippen molar-refractivity contribution in [1.82, 2.24) is 0 Å². The fourth-order valence-electron chi connectivity index (χ4n) is 4.32. The van der Waals surface area contributed by atoms with Gasteiger partial charge in [-0.1, -0.05) is 32.0 Å². The van der Waals surface area contributed by atoms with Gasteiger partial charge in [0.15, 0.2) is 11.5 Å². The van der Waals surface area contributed by atoms with Crippen LogP contribution in [-0.4, -0.2) is 51.8 Å². The van der Waals surface area contributed by atoms with Gasteiger partial charge < -0.3 is 29.0 Å². The van der Waals surface area contributed by atoms with Gasteiger partial charge in [-0.25, -0.2) is 9.79 Å². The third kappa shape index (κ3) is 3.06. The lowest BCUT2D eigenvalue weighted by Gasteiger charge is -2.31. The highest BCUT2D eigenvalue weighted by Gasteiger charge is 2.65. The number of methoxy groups -OCH3 is 4. The second kappa shape index (κ2) is 8.08. The lowest BCUT2D eigenvalue weighted by atomic mass is 9.86. The Morgan fingerprint density at radius 3 is 2.21 bits per heavy atom. The first-order valence-corrected chi connectivity index (χ1v) is 10.4. The fraction of sp³-hybridized carbons (Fsp3) is 0.375. The van der Waals surface area contributed by atoms with Crippen LogP contribution >= 0.6 is 0 Å². The Hall–Kier alpha value is -3.59. The van der Waals surface area contributed by atoms with Crippen molar-refractivity contribution in [2.45, 2.75) is 25.2 Å². The van der Waals surface area contributed by atoms with Crippen LogP contribution in [0.2, 0.25) is 0 Å². The van der Waals surface area contributed by atoms with Crippen LogP contribution in [-0.2, 0) is 24.7 Å². The summed E-state index contributed by atoms with van der Waals surface area (Å²) in [6.07, 6.45) is 0. The number of aliphatic imine (C=N–C) groups is 1. The van der Waals surface area contributed by atoms with E-state index in [1.54, 1.807) is 50.2 Å². The highest BCUT2D eigenvalue weighted by Crippen LogP contribution is 2.52. The standard InChI is InChI=1S/C24H26N2O7/c1-13(2)24(22(28)32-6)26-20(14-11-17(29-3)19(31-5)18(12-14)30-4)23(33-24)15-9-7-8-10-16(15)25-21(23)27/h7-13H,1-6H3,(H,25,27)/t23-,24-/m0/s1. The molecule has 1 spiro atoms. The maximum Gasteiger partial charge on any atom is 0.361 e. The molecule has 2 atom stereocenters. The molecule has 0 unspecified atom stereocenters. The average molecular weight is 454 g/mol. The zero-order valence-corrected chi connectivity index (χ0v) is 19.3. The topological polar surface area (TPSA) is 105 Å². The third-order valence-electron chi connectivity index (χ3n) is 5.99. The van der Waals surface area contributed by atoms with Crippen molar-refractivity contribution in [3.05, 3.63) is 47.5 Å². The zero-order chi connectivity index (χ0) is 24.0. The van der Waals surface area contributed by atoms with E-state index in [9.17, 15) is 9.59 Å². The first-order chi connectivity index (χ1) is 15.8. The molecule has 2 aromatic carbocycles. The molecule has 0 bridgehead atoms. The van der Waals surface area contributed by atoms with Crippen molar-refractivity contribution in [1.29, 1.82) is 0 Å². The molecule has 0 aliphatic carbocycles. The molecule has 0 saturated carbocycles. The van der Waals surface area contributed by atoms with Crippen LogP contribution in [0.4, 0.5) is 5.69 Å². The van der Waals surface area contributed by atoms with E-state index in [2.05, 4.69) is 5.32 Å². The molecule has 9 heteroatoms. The Kier molecular flexibility index (Phi) is 5.53. The molecule has 1 amide bonds. The Labute approximate surface area is 191 Å². The predicted octanol–water partition coefficient (Wildman–Crippen LogP) is 2.90. The number of hydrogen-bond donors (Lipinski definition) is 1. The smallest absolute Gasteiger partial charge is 0.361 e. The van der Waals surface area contributed by atoms with Crippen molar-refractivity contribution in [2.75, 3.05) is 33.8 Å². The van der Waals surface area contributed by atoms with Gasteiger partial charge in [0.05, 0.1) is 34.2 Å². The Morgan fingerprint density at radius 2 is 1.67 bits per heavy atom. The molecule has 0 saturated heterocycles. The van der Waals surface area contributed by atoms with Gasteiger partial charge in [0.2, 0.25) is 11.4 Å². The number of rotatable bonds is 6. The van der Waals surface area contributed by atoms with Crippen molar-refractivity contribution in [2.24, 2.45) is 10.9 Å². The van der Waals surface area contributed by atoms with E-state index >= 15 is 0 Å². The van der Waals surface area contributed by atoms with Gasteiger partial charge >= 0.3 is 5.97 Å². The molecule has 2 aliphatic rings. The van der Waals surface area contributed by atoms with Crippen LogP contribution in [0.1, 0.15) is 25.0 Å². The summed E-state index contributed by atoms with van der Waals surface area (Å²) in [4.78, 5) is 31.3. The van der Waals surface area contributed by atoms with Crippen molar-refractivity contribution in [3.63, 3.8) is 0 Å². The molecule has 0 radical (unpaired) electrons. The number of anilines is 1. The van der Waals surface area contributed by atoms with Gasteiger partial charge in [0.1, 0.15) is 0 Å². The predicted molar refractivity (Wildman–Crippen MR) is 120 cm³/mol. The highest BCUT2D eigenvalue weighted by molar-refractivity contribution is 6.28. The van der Waals surface area contributed by atoms with E-state index in [-0.39, 0.29) is 5.71 Å². The Balaban J connectivity index is 2.06. The number of hydrogen-bond acceptors (Lipinski definition) is 8. The SMILES string of the molecule is COC(=O)[C@@]1(C(C)C)N=C(c2cc(OC)c(OC)c(OC)c2)[C@]2(O1)C(=O)Nc1ccccc12. The Morgan fingerprint density at radius 1 is 1.03 bits per heavy atom. The first-order valence-electron chi connectivity index (χ1n) is 10.4. The van der Waals surface area contributed by atoms with Crippen LogP contribution in [0.5, 0.6) is 17.2 Å². The largest absolute Gasteiger partial charge is 0.493 e. The van der Waals surface area contributed by atoms with Crippen LogP contribution in [0, 0.1) is 5.92 Å². The molecular formula is C24H26N2O7. The van der Waals surface area contributed by atoms with Gasteiger partial charge in [-0.3, -0.25) is 4.79 Å². The minimum atomic E-state index is -1.74. The second-order valence-corrected chi connectivity index (χ2v) is 8.00. The molecule has 9 nitrogen and oxygen atoms in total. The van der Waals surface area contributed by atoms with E-state index in [0.717, 1.165) is 0 Å². The summed E-state index contributed by atoms with van der Waals surface area (Å²) < 4.78 is 27.9. The molecule has 0 fully saturated rings. The van der Waals surface area contributed by atoms with E-state index in [0.29, 0.717) is 34.1 Å². The minimum absolute atomic E-state index is 0.239. The van der Waals surface area contributed by atoms with Gasteiger partial charge in [-0.15, -0.1) is 0 Å². The van der Waals surface area contributed by atoms with Crippen LogP contribution < -0.4 is 19.5 Å². The number of carbonyl (C=O) groups excluding carboxylic acids is 2. The van der Waals surface area contributed by atoms with Gasteiger partial charge in [0.25, 0.3) is 11.6 Å². The number of fused-ring (bicyclic) bond motifs is 2. The molecular weight excluding hydrogens is 428 g/mol. The van der Waals surface area contributed by atoms with Gasteiger partial charge in [-0.05, 0) is 18.2 Å². The summed E-state index contributed by atoms with van der Waals surface area (Å²) in [5.74, 6) is -0.467. The van der Waals surface area contributed by atoms with E-state index < -0.39 is 29.1 Å². The average Bonchev–Trinajstić information content (AvgIpc) is 3.34. The number of ether oxygens (including phenoxy) is 5. The molecule has 2 aliphatic heterocycles. The van der Waals surface area contributed by atoms with Crippen molar-refractivity contribution >= 4 is 23.3 Å².